The van der Waals surface area contributed by atoms with E-state index in [0.29, 0.717) is 18.1 Å². The summed E-state index contributed by atoms with van der Waals surface area (Å²) in [7, 11) is 0. The highest BCUT2D eigenvalue weighted by Gasteiger charge is 2.16. The van der Waals surface area contributed by atoms with Crippen LogP contribution in [0.2, 0.25) is 0 Å². The molecule has 21 heavy (non-hydrogen) atoms. The summed E-state index contributed by atoms with van der Waals surface area (Å²) in [4.78, 5) is 16.3. The van der Waals surface area contributed by atoms with Crippen LogP contribution in [0.5, 0.6) is 0 Å². The average Bonchev–Trinajstić information content (AvgIpc) is 3.00. The fourth-order valence-electron chi connectivity index (χ4n) is 2.65. The number of rotatable bonds is 4. The second-order valence-electron chi connectivity index (χ2n) is 5.29. The molecule has 1 saturated heterocycles. The highest BCUT2D eigenvalue weighted by Crippen LogP contribution is 2.20. The van der Waals surface area contributed by atoms with Gasteiger partial charge in [0.2, 0.25) is 0 Å². The number of hydrogen-bond donors (Lipinski definition) is 2. The predicted molar refractivity (Wildman–Crippen MR) is 82.1 cm³/mol. The van der Waals surface area contributed by atoms with Gasteiger partial charge in [-0.05, 0) is 30.7 Å². The van der Waals surface area contributed by atoms with Crippen molar-refractivity contribution in [3.05, 3.63) is 36.0 Å². The van der Waals surface area contributed by atoms with Gasteiger partial charge >= 0.3 is 0 Å². The van der Waals surface area contributed by atoms with Crippen LogP contribution in [0.1, 0.15) is 29.8 Å². The first-order valence-corrected chi connectivity index (χ1v) is 7.29. The number of carbonyl (C=O) groups is 1. The smallest absolute Gasteiger partial charge is 0.269 e. The Morgan fingerprint density at radius 1 is 1.43 bits per heavy atom. The summed E-state index contributed by atoms with van der Waals surface area (Å²) < 4.78 is 5.53. The summed E-state index contributed by atoms with van der Waals surface area (Å²) in [5, 5.41) is 4.67. The van der Waals surface area contributed by atoms with Crippen LogP contribution in [-0.2, 0) is 4.74 Å². The van der Waals surface area contributed by atoms with Gasteiger partial charge in [-0.15, -0.1) is 0 Å². The van der Waals surface area contributed by atoms with Crippen molar-refractivity contribution in [1.82, 2.24) is 10.3 Å². The van der Waals surface area contributed by atoms with Gasteiger partial charge in [-0.3, -0.25) is 4.79 Å². The molecule has 1 aliphatic rings. The van der Waals surface area contributed by atoms with Gasteiger partial charge in [0.25, 0.3) is 5.91 Å². The zero-order valence-corrected chi connectivity index (χ0v) is 11.8. The molecule has 0 spiro atoms. The van der Waals surface area contributed by atoms with E-state index in [0.717, 1.165) is 36.6 Å². The molecule has 0 radical (unpaired) electrons. The Labute approximate surface area is 123 Å². The van der Waals surface area contributed by atoms with Gasteiger partial charge in [-0.2, -0.15) is 0 Å². The van der Waals surface area contributed by atoms with E-state index in [2.05, 4.69) is 10.3 Å². The van der Waals surface area contributed by atoms with Crippen LogP contribution in [0, 0.1) is 0 Å². The zero-order chi connectivity index (χ0) is 14.7. The molecule has 1 amide bonds. The summed E-state index contributed by atoms with van der Waals surface area (Å²) in [5.74, 6) is 0.197. The summed E-state index contributed by atoms with van der Waals surface area (Å²) in [6.07, 6.45) is 3.31. The number of nitrogens with two attached hydrogens (primary N) is 1. The van der Waals surface area contributed by atoms with Gasteiger partial charge in [0.1, 0.15) is 11.5 Å². The fraction of sp³-hybridized carbons (Fsp3) is 0.375. The number of nitrogens with zero attached hydrogens (tertiary/aromatic N) is 1. The molecule has 1 aromatic heterocycles. The number of hydrogen-bond acceptors (Lipinski definition) is 4. The maximum absolute atomic E-state index is 12.1. The van der Waals surface area contributed by atoms with Crippen molar-refractivity contribution in [3.8, 4) is 0 Å². The highest BCUT2D eigenvalue weighted by molar-refractivity contribution is 5.99. The van der Waals surface area contributed by atoms with E-state index in [1.165, 1.54) is 0 Å². The molecule has 1 unspecified atom stereocenters. The number of fused-ring (bicyclic) bond motifs is 1. The Hall–Kier alpha value is -2.14. The Morgan fingerprint density at radius 3 is 3.10 bits per heavy atom. The van der Waals surface area contributed by atoms with Crippen molar-refractivity contribution in [2.45, 2.75) is 25.4 Å². The lowest BCUT2D eigenvalue weighted by Gasteiger charge is -2.10. The van der Waals surface area contributed by atoms with Crippen LogP contribution in [0.3, 0.4) is 0 Å². The molecule has 1 aliphatic heterocycles. The van der Waals surface area contributed by atoms with Crippen LogP contribution in [-0.4, -0.2) is 30.1 Å². The minimum absolute atomic E-state index is 0.189. The van der Waals surface area contributed by atoms with Crippen molar-refractivity contribution >= 4 is 22.5 Å². The zero-order valence-electron chi connectivity index (χ0n) is 11.8. The summed E-state index contributed by atoms with van der Waals surface area (Å²) in [5.41, 5.74) is 6.27. The van der Waals surface area contributed by atoms with E-state index >= 15 is 0 Å². The molecule has 1 atom stereocenters. The summed E-state index contributed by atoms with van der Waals surface area (Å²) in [6, 6.07) is 9.42. The standard InChI is InChI=1S/C16H19N3O2/c17-15-13-6-2-1-4-11(13)10-14(19-15)16(20)18-8-7-12-5-3-9-21-12/h1-2,4,6,10,12H,3,5,7-9H2,(H2,17,19)(H,18,20). The van der Waals surface area contributed by atoms with Crippen LogP contribution in [0.4, 0.5) is 5.82 Å². The Morgan fingerprint density at radius 2 is 2.29 bits per heavy atom. The minimum atomic E-state index is -0.189. The van der Waals surface area contributed by atoms with Crippen LogP contribution >= 0.6 is 0 Å². The Bertz CT molecular complexity index is 651. The van der Waals surface area contributed by atoms with E-state index in [4.69, 9.17) is 10.5 Å². The third-order valence-corrected chi connectivity index (χ3v) is 3.78. The molecule has 3 N–H and O–H groups in total. The number of carbonyl (C=O) groups excluding carboxylic acids is 1. The van der Waals surface area contributed by atoms with Gasteiger partial charge in [0.15, 0.2) is 0 Å². The largest absolute Gasteiger partial charge is 0.383 e. The Balaban J connectivity index is 1.66. The molecule has 3 rings (SSSR count). The van der Waals surface area contributed by atoms with Crippen LogP contribution in [0.25, 0.3) is 10.8 Å². The van der Waals surface area contributed by atoms with E-state index in [1.54, 1.807) is 6.07 Å². The Kier molecular flexibility index (Phi) is 4.01. The van der Waals surface area contributed by atoms with E-state index in [9.17, 15) is 4.79 Å². The summed E-state index contributed by atoms with van der Waals surface area (Å²) >= 11 is 0. The van der Waals surface area contributed by atoms with Crippen molar-refractivity contribution in [2.75, 3.05) is 18.9 Å². The second kappa shape index (κ2) is 6.10. The van der Waals surface area contributed by atoms with E-state index in [1.807, 2.05) is 24.3 Å². The topological polar surface area (TPSA) is 77.2 Å². The van der Waals surface area contributed by atoms with Crippen LogP contribution < -0.4 is 11.1 Å². The predicted octanol–water partition coefficient (Wildman–Crippen LogP) is 2.12. The molecule has 2 aromatic rings. The number of aromatic nitrogens is 1. The molecule has 2 heterocycles. The maximum Gasteiger partial charge on any atom is 0.269 e. The van der Waals surface area contributed by atoms with Gasteiger partial charge < -0.3 is 15.8 Å². The first kappa shape index (κ1) is 13.8. The molecule has 1 fully saturated rings. The highest BCUT2D eigenvalue weighted by atomic mass is 16.5. The molecule has 0 aliphatic carbocycles. The third kappa shape index (κ3) is 3.13. The number of pyridine rings is 1. The normalized spacial score (nSPS) is 18.0. The SMILES string of the molecule is Nc1nc(C(=O)NCCC2CCCO2)cc2ccccc12. The third-order valence-electron chi connectivity index (χ3n) is 3.78. The average molecular weight is 285 g/mol. The number of nitrogen functional groups attached to an aromatic ring is 1. The molecule has 0 saturated carbocycles. The quantitative estimate of drug-likeness (QED) is 0.902. The monoisotopic (exact) mass is 285 g/mol. The van der Waals surface area contributed by atoms with Gasteiger partial charge in [-0.1, -0.05) is 24.3 Å². The van der Waals surface area contributed by atoms with Crippen LogP contribution in [0.15, 0.2) is 30.3 Å². The maximum atomic E-state index is 12.1. The fourth-order valence-corrected chi connectivity index (χ4v) is 2.65. The number of amides is 1. The van der Waals surface area contributed by atoms with Crippen molar-refractivity contribution in [3.63, 3.8) is 0 Å². The van der Waals surface area contributed by atoms with E-state index in [-0.39, 0.29) is 12.0 Å². The molecule has 0 bridgehead atoms. The number of ether oxygens (including phenoxy) is 1. The lowest BCUT2D eigenvalue weighted by atomic mass is 10.1. The van der Waals surface area contributed by atoms with Gasteiger partial charge in [0, 0.05) is 18.5 Å². The molecule has 110 valence electrons. The molecular formula is C16H19N3O2. The lowest BCUT2D eigenvalue weighted by molar-refractivity contribution is 0.0903. The number of nitrogens with one attached hydrogen (secondary N) is 1. The first-order valence-electron chi connectivity index (χ1n) is 7.29. The first-order chi connectivity index (χ1) is 10.2. The lowest BCUT2D eigenvalue weighted by Crippen LogP contribution is -2.28. The molecular weight excluding hydrogens is 266 g/mol. The van der Waals surface area contributed by atoms with Crippen molar-refractivity contribution in [1.29, 1.82) is 0 Å². The van der Waals surface area contributed by atoms with Gasteiger partial charge in [-0.25, -0.2) is 4.98 Å². The van der Waals surface area contributed by atoms with Crippen molar-refractivity contribution in [2.24, 2.45) is 0 Å². The molecule has 5 nitrogen and oxygen atoms in total. The number of benzene rings is 1. The van der Waals surface area contributed by atoms with Crippen molar-refractivity contribution < 1.29 is 9.53 Å². The molecule has 5 heteroatoms. The number of anilines is 1. The summed E-state index contributed by atoms with van der Waals surface area (Å²) in [6.45, 7) is 1.43. The van der Waals surface area contributed by atoms with Gasteiger partial charge in [0.05, 0.1) is 6.10 Å². The van der Waals surface area contributed by atoms with E-state index < -0.39 is 0 Å². The molecule has 1 aromatic carbocycles. The second-order valence-corrected chi connectivity index (χ2v) is 5.29. The minimum Gasteiger partial charge on any atom is -0.383 e.